The van der Waals surface area contributed by atoms with Crippen molar-refractivity contribution in [3.63, 3.8) is 0 Å². The van der Waals surface area contributed by atoms with Crippen molar-refractivity contribution in [2.45, 2.75) is 33.2 Å². The minimum Gasteiger partial charge on any atom is -0.337 e. The van der Waals surface area contributed by atoms with Crippen molar-refractivity contribution in [3.8, 4) is 0 Å². The second-order valence-electron chi connectivity index (χ2n) is 3.10. The molecule has 62 valence electrons. The van der Waals surface area contributed by atoms with Crippen molar-refractivity contribution in [3.05, 3.63) is 18.7 Å². The Bertz CT molecular complexity index is 179. The van der Waals surface area contributed by atoms with E-state index in [2.05, 4.69) is 23.4 Å². The molecule has 1 aromatic heterocycles. The molecule has 2 heteroatoms. The zero-order chi connectivity index (χ0) is 8.10. The largest absolute Gasteiger partial charge is 0.337 e. The van der Waals surface area contributed by atoms with Crippen LogP contribution >= 0.6 is 0 Å². The lowest BCUT2D eigenvalue weighted by molar-refractivity contribution is 0.468. The summed E-state index contributed by atoms with van der Waals surface area (Å²) in [6, 6.07) is 0. The first-order chi connectivity index (χ1) is 5.33. The number of imidazole rings is 1. The van der Waals surface area contributed by atoms with Crippen LogP contribution in [0.2, 0.25) is 0 Å². The molecule has 0 aromatic carbocycles. The van der Waals surface area contributed by atoms with Gasteiger partial charge in [-0.15, -0.1) is 0 Å². The van der Waals surface area contributed by atoms with Crippen molar-refractivity contribution >= 4 is 0 Å². The fourth-order valence-electron chi connectivity index (χ4n) is 0.993. The van der Waals surface area contributed by atoms with Crippen LogP contribution in [0.4, 0.5) is 0 Å². The Balaban J connectivity index is 2.23. The van der Waals surface area contributed by atoms with Crippen molar-refractivity contribution in [1.82, 2.24) is 9.55 Å². The summed E-state index contributed by atoms with van der Waals surface area (Å²) in [6.07, 6.45) is 8.25. The van der Waals surface area contributed by atoms with Gasteiger partial charge in [0.15, 0.2) is 0 Å². The van der Waals surface area contributed by atoms with Crippen LogP contribution in [0, 0.1) is 5.92 Å². The highest BCUT2D eigenvalue weighted by molar-refractivity contribution is 4.73. The van der Waals surface area contributed by atoms with Crippen LogP contribution in [0.3, 0.4) is 0 Å². The summed E-state index contributed by atoms with van der Waals surface area (Å²) in [5.41, 5.74) is 0. The van der Waals surface area contributed by atoms with Gasteiger partial charge in [0.2, 0.25) is 0 Å². The standard InChI is InChI=1S/C9H16N2/c1-3-9(2)4-6-11-7-5-10-8-11/h5,7-9H,3-4,6H2,1-2H3/t9-/m1/s1. The molecule has 0 saturated heterocycles. The lowest BCUT2D eigenvalue weighted by Crippen LogP contribution is -2.00. The molecule has 2 nitrogen and oxygen atoms in total. The lowest BCUT2D eigenvalue weighted by atomic mass is 10.1. The minimum atomic E-state index is 0.831. The van der Waals surface area contributed by atoms with Crippen molar-refractivity contribution in [1.29, 1.82) is 0 Å². The van der Waals surface area contributed by atoms with Gasteiger partial charge in [-0.3, -0.25) is 0 Å². The fraction of sp³-hybridized carbons (Fsp3) is 0.667. The molecule has 1 atom stereocenters. The summed E-state index contributed by atoms with van der Waals surface area (Å²) in [5, 5.41) is 0. The Kier molecular flexibility index (Phi) is 3.14. The van der Waals surface area contributed by atoms with Crippen LogP contribution < -0.4 is 0 Å². The van der Waals surface area contributed by atoms with Crippen LogP contribution in [0.15, 0.2) is 18.7 Å². The highest BCUT2D eigenvalue weighted by atomic mass is 15.0. The van der Waals surface area contributed by atoms with E-state index in [1.807, 2.05) is 18.7 Å². The van der Waals surface area contributed by atoms with Crippen molar-refractivity contribution in [2.24, 2.45) is 5.92 Å². The van der Waals surface area contributed by atoms with E-state index in [1.54, 1.807) is 0 Å². The molecule has 0 N–H and O–H groups in total. The quantitative estimate of drug-likeness (QED) is 0.647. The number of hydrogen-bond donors (Lipinski definition) is 0. The van der Waals surface area contributed by atoms with Gasteiger partial charge in [-0.2, -0.15) is 0 Å². The molecule has 0 bridgehead atoms. The molecule has 1 aromatic rings. The zero-order valence-electron chi connectivity index (χ0n) is 7.33. The van der Waals surface area contributed by atoms with Crippen molar-refractivity contribution in [2.75, 3.05) is 0 Å². The third-order valence-corrected chi connectivity index (χ3v) is 2.14. The number of aromatic nitrogens is 2. The van der Waals surface area contributed by atoms with Crippen LogP contribution in [-0.2, 0) is 6.54 Å². The van der Waals surface area contributed by atoms with Crippen LogP contribution in [-0.4, -0.2) is 9.55 Å². The molecular weight excluding hydrogens is 136 g/mol. The zero-order valence-corrected chi connectivity index (χ0v) is 7.33. The molecule has 1 heterocycles. The molecule has 0 fully saturated rings. The third-order valence-electron chi connectivity index (χ3n) is 2.14. The molecule has 11 heavy (non-hydrogen) atoms. The Morgan fingerprint density at radius 2 is 2.36 bits per heavy atom. The van der Waals surface area contributed by atoms with Gasteiger partial charge in [-0.05, 0) is 12.3 Å². The summed E-state index contributed by atoms with van der Waals surface area (Å²) in [5.74, 6) is 0.831. The molecular formula is C9H16N2. The van der Waals surface area contributed by atoms with Gasteiger partial charge in [0.25, 0.3) is 0 Å². The monoisotopic (exact) mass is 152 g/mol. The first-order valence-electron chi connectivity index (χ1n) is 4.28. The van der Waals surface area contributed by atoms with E-state index in [4.69, 9.17) is 0 Å². The van der Waals surface area contributed by atoms with Crippen LogP contribution in [0.5, 0.6) is 0 Å². The summed E-state index contributed by atoms with van der Waals surface area (Å²) in [4.78, 5) is 3.99. The molecule has 0 aliphatic carbocycles. The SMILES string of the molecule is CC[C@@H](C)CCn1ccnc1. The van der Waals surface area contributed by atoms with Gasteiger partial charge in [-0.25, -0.2) is 4.98 Å². The van der Waals surface area contributed by atoms with Crippen molar-refractivity contribution < 1.29 is 0 Å². The van der Waals surface area contributed by atoms with E-state index < -0.39 is 0 Å². The lowest BCUT2D eigenvalue weighted by Gasteiger charge is -2.07. The highest BCUT2D eigenvalue weighted by Crippen LogP contribution is 2.07. The first-order valence-corrected chi connectivity index (χ1v) is 4.28. The molecule has 0 unspecified atom stereocenters. The molecule has 0 radical (unpaired) electrons. The average molecular weight is 152 g/mol. The Morgan fingerprint density at radius 3 is 2.91 bits per heavy atom. The number of nitrogens with zero attached hydrogens (tertiary/aromatic N) is 2. The maximum absolute atomic E-state index is 3.99. The second kappa shape index (κ2) is 4.16. The maximum atomic E-state index is 3.99. The molecule has 0 aliphatic rings. The van der Waals surface area contributed by atoms with Crippen LogP contribution in [0.25, 0.3) is 0 Å². The van der Waals surface area contributed by atoms with E-state index in [1.165, 1.54) is 12.8 Å². The summed E-state index contributed by atoms with van der Waals surface area (Å²) < 4.78 is 2.13. The number of hydrogen-bond acceptors (Lipinski definition) is 1. The summed E-state index contributed by atoms with van der Waals surface area (Å²) >= 11 is 0. The topological polar surface area (TPSA) is 17.8 Å². The van der Waals surface area contributed by atoms with E-state index >= 15 is 0 Å². The van der Waals surface area contributed by atoms with Gasteiger partial charge in [0.05, 0.1) is 6.33 Å². The molecule has 1 rings (SSSR count). The minimum absolute atomic E-state index is 0.831. The molecule has 0 aliphatic heterocycles. The summed E-state index contributed by atoms with van der Waals surface area (Å²) in [7, 11) is 0. The fourth-order valence-corrected chi connectivity index (χ4v) is 0.993. The number of aryl methyl sites for hydroxylation is 1. The maximum Gasteiger partial charge on any atom is 0.0945 e. The highest BCUT2D eigenvalue weighted by Gasteiger charge is 1.97. The van der Waals surface area contributed by atoms with Crippen LogP contribution in [0.1, 0.15) is 26.7 Å². The van der Waals surface area contributed by atoms with E-state index in [0.29, 0.717) is 0 Å². The van der Waals surface area contributed by atoms with E-state index in [-0.39, 0.29) is 0 Å². The average Bonchev–Trinajstić information content (AvgIpc) is 2.52. The number of rotatable bonds is 4. The van der Waals surface area contributed by atoms with Gasteiger partial charge < -0.3 is 4.57 Å². The Hall–Kier alpha value is -0.790. The van der Waals surface area contributed by atoms with E-state index in [9.17, 15) is 0 Å². The molecule has 0 amide bonds. The molecule has 0 saturated carbocycles. The van der Waals surface area contributed by atoms with Gasteiger partial charge >= 0.3 is 0 Å². The normalized spacial score (nSPS) is 13.3. The van der Waals surface area contributed by atoms with Gasteiger partial charge in [0.1, 0.15) is 0 Å². The third kappa shape index (κ3) is 2.74. The summed E-state index contributed by atoms with van der Waals surface area (Å²) in [6.45, 7) is 5.63. The predicted molar refractivity (Wildman–Crippen MR) is 46.3 cm³/mol. The van der Waals surface area contributed by atoms with E-state index in [0.717, 1.165) is 12.5 Å². The predicted octanol–water partition coefficient (Wildman–Crippen LogP) is 2.32. The Morgan fingerprint density at radius 1 is 1.55 bits per heavy atom. The second-order valence-corrected chi connectivity index (χ2v) is 3.10. The smallest absolute Gasteiger partial charge is 0.0945 e. The Labute approximate surface area is 68.3 Å². The van der Waals surface area contributed by atoms with Gasteiger partial charge in [-0.1, -0.05) is 20.3 Å². The molecule has 0 spiro atoms. The first kappa shape index (κ1) is 8.31. The van der Waals surface area contributed by atoms with Gasteiger partial charge in [0, 0.05) is 18.9 Å².